The number of β-amino-alcohol motifs (C(OH)–C–C–N with tert-alkyl or cyclic N) is 1. The third kappa shape index (κ3) is 4.37. The van der Waals surface area contributed by atoms with Gasteiger partial charge in [0.05, 0.1) is 6.10 Å². The highest BCUT2D eigenvalue weighted by Gasteiger charge is 2.36. The summed E-state index contributed by atoms with van der Waals surface area (Å²) in [6, 6.07) is 6.55. The third-order valence-electron chi connectivity index (χ3n) is 5.56. The summed E-state index contributed by atoms with van der Waals surface area (Å²) in [5, 5.41) is 10.4. The number of aliphatic hydroxyl groups excluding tert-OH is 1. The second kappa shape index (κ2) is 7.81. The number of hydrogen-bond donors (Lipinski definition) is 1. The zero-order valence-corrected chi connectivity index (χ0v) is 15.1. The maximum Gasteiger partial charge on any atom is 0.219 e. The minimum atomic E-state index is -0.596. The Balaban J connectivity index is 1.53. The van der Waals surface area contributed by atoms with Gasteiger partial charge >= 0.3 is 0 Å². The molecule has 0 aliphatic carbocycles. The van der Waals surface area contributed by atoms with E-state index in [0.29, 0.717) is 18.5 Å². The van der Waals surface area contributed by atoms with Gasteiger partial charge in [0, 0.05) is 58.8 Å². The van der Waals surface area contributed by atoms with Crippen molar-refractivity contribution in [1.82, 2.24) is 14.7 Å². The van der Waals surface area contributed by atoms with Crippen LogP contribution < -0.4 is 0 Å². The first kappa shape index (κ1) is 18.3. The molecule has 3 rings (SSSR count). The van der Waals surface area contributed by atoms with Crippen LogP contribution in [0.5, 0.6) is 0 Å². The molecule has 0 unspecified atom stereocenters. The fraction of sp³-hybridized carbons (Fsp3) is 0.632. The van der Waals surface area contributed by atoms with Gasteiger partial charge in [-0.25, -0.2) is 4.39 Å². The van der Waals surface area contributed by atoms with E-state index in [4.69, 9.17) is 0 Å². The Labute approximate surface area is 149 Å². The quantitative estimate of drug-likeness (QED) is 0.891. The number of likely N-dealkylation sites (tertiary alicyclic amines) is 1. The molecule has 2 saturated heterocycles. The van der Waals surface area contributed by atoms with Crippen molar-refractivity contribution in [2.75, 3.05) is 45.8 Å². The van der Waals surface area contributed by atoms with E-state index in [1.807, 2.05) is 4.90 Å². The highest BCUT2D eigenvalue weighted by atomic mass is 19.1. The van der Waals surface area contributed by atoms with Crippen molar-refractivity contribution < 1.29 is 14.3 Å². The van der Waals surface area contributed by atoms with Gasteiger partial charge in [-0.2, -0.15) is 0 Å². The number of hydrogen-bond acceptors (Lipinski definition) is 4. The van der Waals surface area contributed by atoms with E-state index in [1.54, 1.807) is 19.1 Å². The Morgan fingerprint density at radius 1 is 1.20 bits per heavy atom. The van der Waals surface area contributed by atoms with Crippen LogP contribution in [0.25, 0.3) is 0 Å². The lowest BCUT2D eigenvalue weighted by Gasteiger charge is -2.39. The molecular weight excluding hydrogens is 321 g/mol. The first-order valence-electron chi connectivity index (χ1n) is 9.09. The highest BCUT2D eigenvalue weighted by Crippen LogP contribution is 2.25. The fourth-order valence-corrected chi connectivity index (χ4v) is 4.08. The number of benzene rings is 1. The molecule has 2 aliphatic rings. The second-order valence-corrected chi connectivity index (χ2v) is 7.37. The van der Waals surface area contributed by atoms with Crippen molar-refractivity contribution in [1.29, 1.82) is 0 Å². The summed E-state index contributed by atoms with van der Waals surface area (Å²) in [6.45, 7) is 9.79. The summed E-state index contributed by atoms with van der Waals surface area (Å²) in [6.07, 6.45) is -0.596. The number of nitrogens with zero attached hydrogens (tertiary/aromatic N) is 3. The van der Waals surface area contributed by atoms with Crippen LogP contribution in [0.3, 0.4) is 0 Å². The molecule has 0 spiro atoms. The van der Waals surface area contributed by atoms with Crippen LogP contribution in [0.2, 0.25) is 0 Å². The van der Waals surface area contributed by atoms with Crippen molar-refractivity contribution in [2.24, 2.45) is 5.92 Å². The molecule has 5 nitrogen and oxygen atoms in total. The maximum absolute atomic E-state index is 13.0. The summed E-state index contributed by atoms with van der Waals surface area (Å²) >= 11 is 0. The molecule has 1 aromatic rings. The smallest absolute Gasteiger partial charge is 0.219 e. The molecule has 6 heteroatoms. The van der Waals surface area contributed by atoms with Crippen molar-refractivity contribution >= 4 is 5.91 Å². The lowest BCUT2D eigenvalue weighted by Crippen LogP contribution is -2.53. The Kier molecular flexibility index (Phi) is 5.71. The second-order valence-electron chi connectivity index (χ2n) is 7.37. The van der Waals surface area contributed by atoms with E-state index >= 15 is 0 Å². The highest BCUT2D eigenvalue weighted by molar-refractivity contribution is 5.73. The van der Waals surface area contributed by atoms with Gasteiger partial charge in [0.15, 0.2) is 0 Å². The standard InChI is InChI=1S/C19H28FN3O2/c1-14-11-21(13-19(25)16-3-5-17(20)6-4-16)12-18(14)23-9-7-22(8-10-23)15(2)24/h3-6,14,18-19,25H,7-13H2,1-2H3/t14-,18-,19-/m1/s1. The van der Waals surface area contributed by atoms with E-state index < -0.39 is 6.10 Å². The van der Waals surface area contributed by atoms with Gasteiger partial charge in [0.25, 0.3) is 0 Å². The number of carbonyl (C=O) groups excluding carboxylic acids is 1. The van der Waals surface area contributed by atoms with Crippen molar-refractivity contribution in [3.05, 3.63) is 35.6 Å². The number of halogens is 1. The molecule has 0 radical (unpaired) electrons. The van der Waals surface area contributed by atoms with Crippen LogP contribution in [0.1, 0.15) is 25.5 Å². The number of amides is 1. The van der Waals surface area contributed by atoms with Crippen LogP contribution in [-0.4, -0.2) is 77.6 Å². The van der Waals surface area contributed by atoms with Gasteiger partial charge in [0.2, 0.25) is 5.91 Å². The number of aliphatic hydroxyl groups is 1. The van der Waals surface area contributed by atoms with Gasteiger partial charge in [0.1, 0.15) is 5.82 Å². The zero-order valence-electron chi connectivity index (χ0n) is 15.1. The van der Waals surface area contributed by atoms with Crippen LogP contribution >= 0.6 is 0 Å². The molecule has 0 bridgehead atoms. The molecule has 2 heterocycles. The van der Waals surface area contributed by atoms with E-state index in [2.05, 4.69) is 16.7 Å². The predicted molar refractivity (Wildman–Crippen MR) is 94.6 cm³/mol. The summed E-state index contributed by atoms with van der Waals surface area (Å²) in [7, 11) is 0. The van der Waals surface area contributed by atoms with Crippen LogP contribution in [0, 0.1) is 11.7 Å². The summed E-state index contributed by atoms with van der Waals surface area (Å²) in [5.74, 6) is 0.406. The van der Waals surface area contributed by atoms with Crippen LogP contribution in [0.4, 0.5) is 4.39 Å². The van der Waals surface area contributed by atoms with Gasteiger partial charge in [-0.1, -0.05) is 19.1 Å². The zero-order chi connectivity index (χ0) is 18.0. The Morgan fingerprint density at radius 2 is 1.84 bits per heavy atom. The molecule has 2 aliphatic heterocycles. The average molecular weight is 349 g/mol. The molecule has 3 atom stereocenters. The molecular formula is C19H28FN3O2. The first-order valence-corrected chi connectivity index (χ1v) is 9.09. The monoisotopic (exact) mass is 349 g/mol. The van der Waals surface area contributed by atoms with Crippen molar-refractivity contribution in [3.63, 3.8) is 0 Å². The minimum absolute atomic E-state index is 0.156. The SMILES string of the molecule is CC(=O)N1CCN([C@@H]2CN(C[C@@H](O)c3ccc(F)cc3)C[C@H]2C)CC1. The van der Waals surface area contributed by atoms with Gasteiger partial charge in [-0.15, -0.1) is 0 Å². The lowest BCUT2D eigenvalue weighted by atomic mass is 10.0. The topological polar surface area (TPSA) is 47.0 Å². The summed E-state index contributed by atoms with van der Waals surface area (Å²) < 4.78 is 13.0. The Bertz CT molecular complexity index is 587. The van der Waals surface area contributed by atoms with E-state index in [0.717, 1.165) is 44.8 Å². The summed E-state index contributed by atoms with van der Waals surface area (Å²) in [5.41, 5.74) is 0.757. The third-order valence-corrected chi connectivity index (χ3v) is 5.56. The fourth-order valence-electron chi connectivity index (χ4n) is 4.08. The lowest BCUT2D eigenvalue weighted by molar-refractivity contribution is -0.130. The number of piperazine rings is 1. The molecule has 1 N–H and O–H groups in total. The van der Waals surface area contributed by atoms with E-state index in [-0.39, 0.29) is 11.7 Å². The van der Waals surface area contributed by atoms with Crippen LogP contribution in [-0.2, 0) is 4.79 Å². The molecule has 138 valence electrons. The van der Waals surface area contributed by atoms with Gasteiger partial charge in [-0.05, 0) is 23.6 Å². The largest absolute Gasteiger partial charge is 0.387 e. The average Bonchev–Trinajstić information content (AvgIpc) is 2.95. The molecule has 25 heavy (non-hydrogen) atoms. The number of carbonyl (C=O) groups is 1. The first-order chi connectivity index (χ1) is 11.9. The normalized spacial score (nSPS) is 26.8. The Hall–Kier alpha value is -1.50. The molecule has 1 amide bonds. The maximum atomic E-state index is 13.0. The molecule has 0 saturated carbocycles. The van der Waals surface area contributed by atoms with Gasteiger partial charge in [-0.3, -0.25) is 14.6 Å². The Morgan fingerprint density at radius 3 is 2.44 bits per heavy atom. The predicted octanol–water partition coefficient (Wildman–Crippen LogP) is 1.34. The van der Waals surface area contributed by atoms with Crippen molar-refractivity contribution in [3.8, 4) is 0 Å². The van der Waals surface area contributed by atoms with E-state index in [1.165, 1.54) is 12.1 Å². The van der Waals surface area contributed by atoms with Crippen molar-refractivity contribution in [2.45, 2.75) is 26.0 Å². The van der Waals surface area contributed by atoms with E-state index in [9.17, 15) is 14.3 Å². The molecule has 1 aromatic carbocycles. The molecule has 0 aromatic heterocycles. The number of rotatable bonds is 4. The minimum Gasteiger partial charge on any atom is -0.387 e. The summed E-state index contributed by atoms with van der Waals surface area (Å²) in [4.78, 5) is 18.1. The molecule has 2 fully saturated rings. The van der Waals surface area contributed by atoms with Gasteiger partial charge < -0.3 is 10.0 Å². The van der Waals surface area contributed by atoms with Crippen LogP contribution in [0.15, 0.2) is 24.3 Å².